The van der Waals surface area contributed by atoms with Gasteiger partial charge in [-0.15, -0.1) is 0 Å². The lowest BCUT2D eigenvalue weighted by Crippen LogP contribution is -2.16. The molecular weight excluding hydrogens is 274 g/mol. The minimum atomic E-state index is -0.451. The minimum absolute atomic E-state index is 0.295. The van der Waals surface area contributed by atoms with Gasteiger partial charge >= 0.3 is 6.09 Å². The Kier molecular flexibility index (Phi) is 4.05. The number of benzene rings is 3. The average molecular weight is 291 g/mol. The summed E-state index contributed by atoms with van der Waals surface area (Å²) >= 11 is 0. The highest BCUT2D eigenvalue weighted by molar-refractivity contribution is 6.00. The second kappa shape index (κ2) is 6.31. The molecule has 3 rings (SSSR count). The number of hydrogen-bond donors (Lipinski definition) is 1. The molecule has 0 aliphatic heterocycles. The Hall–Kier alpha value is -2.81. The minimum Gasteiger partial charge on any atom is -0.441 e. The summed E-state index contributed by atoms with van der Waals surface area (Å²) in [6.45, 7) is 1.86. The first-order valence-corrected chi connectivity index (χ1v) is 7.24. The fourth-order valence-electron chi connectivity index (χ4n) is 2.43. The van der Waals surface area contributed by atoms with Crippen LogP contribution in [-0.4, -0.2) is 6.09 Å². The Bertz CT molecular complexity index is 778. The summed E-state index contributed by atoms with van der Waals surface area (Å²) in [5.41, 5.74) is 1.72. The lowest BCUT2D eigenvalue weighted by molar-refractivity contribution is 0.121. The molecule has 0 saturated heterocycles. The Labute approximate surface area is 129 Å². The van der Waals surface area contributed by atoms with Crippen molar-refractivity contribution in [3.8, 4) is 0 Å². The number of ether oxygens (including phenoxy) is 1. The van der Waals surface area contributed by atoms with Crippen LogP contribution in [0.4, 0.5) is 10.5 Å². The molecule has 3 heteroatoms. The first-order chi connectivity index (χ1) is 10.7. The maximum absolute atomic E-state index is 12.1. The van der Waals surface area contributed by atoms with E-state index >= 15 is 0 Å². The molecule has 0 heterocycles. The molecule has 0 radical (unpaired) electrons. The number of fused-ring (bicyclic) bond motifs is 1. The Morgan fingerprint density at radius 2 is 1.59 bits per heavy atom. The van der Waals surface area contributed by atoms with Crippen molar-refractivity contribution in [3.05, 3.63) is 78.4 Å². The van der Waals surface area contributed by atoms with Crippen molar-refractivity contribution < 1.29 is 9.53 Å². The second-order valence-electron chi connectivity index (χ2n) is 5.11. The molecule has 22 heavy (non-hydrogen) atoms. The van der Waals surface area contributed by atoms with E-state index in [0.717, 1.165) is 22.0 Å². The number of carbonyl (C=O) groups excluding carboxylic acids is 1. The largest absolute Gasteiger partial charge is 0.441 e. The van der Waals surface area contributed by atoms with Crippen LogP contribution in [0.25, 0.3) is 10.8 Å². The molecule has 0 spiro atoms. The van der Waals surface area contributed by atoms with Gasteiger partial charge in [0.1, 0.15) is 6.10 Å². The number of anilines is 1. The average Bonchev–Trinajstić information content (AvgIpc) is 2.56. The zero-order valence-electron chi connectivity index (χ0n) is 12.3. The van der Waals surface area contributed by atoms with Gasteiger partial charge in [0, 0.05) is 5.39 Å². The van der Waals surface area contributed by atoms with Gasteiger partial charge in [0.25, 0.3) is 0 Å². The lowest BCUT2D eigenvalue weighted by Gasteiger charge is -2.15. The molecule has 1 atom stereocenters. The van der Waals surface area contributed by atoms with Crippen LogP contribution in [0, 0.1) is 0 Å². The van der Waals surface area contributed by atoms with Crippen molar-refractivity contribution >= 4 is 22.6 Å². The van der Waals surface area contributed by atoms with Crippen LogP contribution in [0.15, 0.2) is 72.8 Å². The van der Waals surface area contributed by atoms with Crippen molar-refractivity contribution in [2.75, 3.05) is 5.32 Å². The smallest absolute Gasteiger partial charge is 0.412 e. The fraction of sp³-hybridized carbons (Fsp3) is 0.105. The zero-order valence-corrected chi connectivity index (χ0v) is 12.3. The van der Waals surface area contributed by atoms with Crippen molar-refractivity contribution in [2.24, 2.45) is 0 Å². The van der Waals surface area contributed by atoms with E-state index in [-0.39, 0.29) is 6.10 Å². The van der Waals surface area contributed by atoms with Gasteiger partial charge in [0.15, 0.2) is 0 Å². The number of hydrogen-bond acceptors (Lipinski definition) is 2. The Morgan fingerprint density at radius 3 is 2.41 bits per heavy atom. The third-order valence-corrected chi connectivity index (χ3v) is 3.58. The van der Waals surface area contributed by atoms with E-state index < -0.39 is 6.09 Å². The third kappa shape index (κ3) is 3.09. The van der Waals surface area contributed by atoms with Crippen LogP contribution in [0.1, 0.15) is 18.6 Å². The van der Waals surface area contributed by atoms with E-state index in [0.29, 0.717) is 0 Å². The molecule has 0 aromatic heterocycles. The van der Waals surface area contributed by atoms with Gasteiger partial charge in [0.2, 0.25) is 0 Å². The maximum atomic E-state index is 12.1. The van der Waals surface area contributed by atoms with Gasteiger partial charge in [-0.3, -0.25) is 5.32 Å². The van der Waals surface area contributed by atoms with Gasteiger partial charge in [-0.1, -0.05) is 66.7 Å². The molecule has 3 nitrogen and oxygen atoms in total. The lowest BCUT2D eigenvalue weighted by atomic mass is 10.1. The van der Waals surface area contributed by atoms with E-state index in [1.165, 1.54) is 0 Å². The van der Waals surface area contributed by atoms with Gasteiger partial charge in [-0.25, -0.2) is 4.79 Å². The highest BCUT2D eigenvalue weighted by Crippen LogP contribution is 2.24. The summed E-state index contributed by atoms with van der Waals surface area (Å²) in [5, 5.41) is 4.90. The molecule has 0 aliphatic rings. The highest BCUT2D eigenvalue weighted by Gasteiger charge is 2.12. The first-order valence-electron chi connectivity index (χ1n) is 7.24. The van der Waals surface area contributed by atoms with Gasteiger partial charge in [-0.05, 0) is 23.9 Å². The standard InChI is InChI=1S/C19H17NO2/c1-14(15-8-3-2-4-9-15)22-19(21)20-18-13-7-11-16-10-5-6-12-17(16)18/h2-14H,1H3,(H,20,21). The van der Waals surface area contributed by atoms with Crippen LogP contribution in [-0.2, 0) is 4.74 Å². The molecular formula is C19H17NO2. The summed E-state index contributed by atoms with van der Waals surface area (Å²) in [6.07, 6.45) is -0.746. The van der Waals surface area contributed by atoms with Gasteiger partial charge in [0.05, 0.1) is 5.69 Å². The second-order valence-corrected chi connectivity index (χ2v) is 5.11. The normalized spacial score (nSPS) is 11.9. The van der Waals surface area contributed by atoms with Crippen molar-refractivity contribution in [1.29, 1.82) is 0 Å². The van der Waals surface area contributed by atoms with Crippen LogP contribution >= 0.6 is 0 Å². The zero-order chi connectivity index (χ0) is 15.4. The summed E-state index contributed by atoms with van der Waals surface area (Å²) in [5.74, 6) is 0. The number of amides is 1. The predicted octanol–water partition coefficient (Wildman–Crippen LogP) is 5.15. The van der Waals surface area contributed by atoms with Gasteiger partial charge in [-0.2, -0.15) is 0 Å². The van der Waals surface area contributed by atoms with E-state index in [1.807, 2.05) is 79.7 Å². The monoisotopic (exact) mass is 291 g/mol. The molecule has 1 N–H and O–H groups in total. The third-order valence-electron chi connectivity index (χ3n) is 3.58. The van der Waals surface area contributed by atoms with Crippen LogP contribution in [0.2, 0.25) is 0 Å². The molecule has 1 unspecified atom stereocenters. The quantitative estimate of drug-likeness (QED) is 0.724. The highest BCUT2D eigenvalue weighted by atomic mass is 16.6. The predicted molar refractivity (Wildman–Crippen MR) is 88.9 cm³/mol. The number of rotatable bonds is 3. The van der Waals surface area contributed by atoms with Crippen LogP contribution in [0.3, 0.4) is 0 Å². The van der Waals surface area contributed by atoms with E-state index in [9.17, 15) is 4.79 Å². The van der Waals surface area contributed by atoms with E-state index in [2.05, 4.69) is 5.32 Å². The van der Waals surface area contributed by atoms with E-state index in [4.69, 9.17) is 4.74 Å². The van der Waals surface area contributed by atoms with E-state index in [1.54, 1.807) is 0 Å². The Balaban J connectivity index is 1.74. The summed E-state index contributed by atoms with van der Waals surface area (Å²) in [7, 11) is 0. The molecule has 0 saturated carbocycles. The van der Waals surface area contributed by atoms with Crippen molar-refractivity contribution in [1.82, 2.24) is 0 Å². The molecule has 1 amide bonds. The number of carbonyl (C=O) groups is 1. The van der Waals surface area contributed by atoms with Crippen LogP contribution in [0.5, 0.6) is 0 Å². The Morgan fingerprint density at radius 1 is 0.909 bits per heavy atom. The molecule has 0 fully saturated rings. The first kappa shape index (κ1) is 14.1. The molecule has 0 aliphatic carbocycles. The fourth-order valence-corrected chi connectivity index (χ4v) is 2.43. The van der Waals surface area contributed by atoms with Crippen LogP contribution < -0.4 is 5.32 Å². The summed E-state index contributed by atoms with van der Waals surface area (Å²) in [4.78, 5) is 12.1. The topological polar surface area (TPSA) is 38.3 Å². The van der Waals surface area contributed by atoms with Crippen molar-refractivity contribution in [3.63, 3.8) is 0 Å². The SMILES string of the molecule is CC(OC(=O)Nc1cccc2ccccc12)c1ccccc1. The maximum Gasteiger partial charge on any atom is 0.412 e. The molecule has 3 aromatic rings. The van der Waals surface area contributed by atoms with Gasteiger partial charge < -0.3 is 4.74 Å². The molecule has 110 valence electrons. The molecule has 3 aromatic carbocycles. The summed E-state index contributed by atoms with van der Waals surface area (Å²) in [6, 6.07) is 23.4. The van der Waals surface area contributed by atoms with Crippen molar-refractivity contribution in [2.45, 2.75) is 13.0 Å². The number of nitrogens with one attached hydrogen (secondary N) is 1. The molecule has 0 bridgehead atoms. The summed E-state index contributed by atoms with van der Waals surface area (Å²) < 4.78 is 5.44.